The van der Waals surface area contributed by atoms with E-state index in [4.69, 9.17) is 10.2 Å². The molecule has 1 amide bonds. The van der Waals surface area contributed by atoms with Crippen LogP contribution in [0, 0.1) is 5.41 Å². The molecule has 0 aliphatic carbocycles. The van der Waals surface area contributed by atoms with Gasteiger partial charge in [0.15, 0.2) is 0 Å². The predicted octanol–water partition coefficient (Wildman–Crippen LogP) is 0.753. The Hall–Kier alpha value is -1.26. The average Bonchev–Trinajstić information content (AvgIpc) is 1.79. The van der Waals surface area contributed by atoms with Gasteiger partial charge in [0.2, 0.25) is 0 Å². The van der Waals surface area contributed by atoms with Crippen LogP contribution >= 0.6 is 0 Å². The van der Waals surface area contributed by atoms with Crippen LogP contribution in [0.4, 0.5) is 4.79 Å². The zero-order valence-electron chi connectivity index (χ0n) is 7.29. The van der Waals surface area contributed by atoms with Gasteiger partial charge in [0, 0.05) is 0 Å². The first-order valence-corrected chi connectivity index (χ1v) is 3.47. The third-order valence-electron chi connectivity index (χ3n) is 1.38. The van der Waals surface area contributed by atoms with Crippen molar-refractivity contribution in [2.24, 2.45) is 5.41 Å². The van der Waals surface area contributed by atoms with Crippen molar-refractivity contribution in [3.63, 3.8) is 0 Å². The smallest absolute Gasteiger partial charge is 0.405 e. The number of rotatable bonds is 2. The number of hydrogen-bond donors (Lipinski definition) is 3. The maximum atomic E-state index is 10.6. The summed E-state index contributed by atoms with van der Waals surface area (Å²) in [6, 6.07) is -1.07. The third-order valence-corrected chi connectivity index (χ3v) is 1.38. The summed E-state index contributed by atoms with van der Waals surface area (Å²) in [5.74, 6) is -1.16. The van der Waals surface area contributed by atoms with E-state index in [0.717, 1.165) is 0 Å². The molecule has 0 fully saturated rings. The second kappa shape index (κ2) is 3.42. The number of hydrogen-bond acceptors (Lipinski definition) is 2. The Morgan fingerprint density at radius 1 is 1.25 bits per heavy atom. The standard InChI is InChI=1S/C7H13NO4/c1-7(2,3)4(5(9)10)8-6(11)12/h4,8H,1-3H3,(H,9,10)(H,11,12)/t4-/m1/s1. The predicted molar refractivity (Wildman–Crippen MR) is 42.0 cm³/mol. The normalized spacial score (nSPS) is 13.6. The van der Waals surface area contributed by atoms with E-state index >= 15 is 0 Å². The Bertz CT molecular complexity index is 194. The van der Waals surface area contributed by atoms with E-state index in [9.17, 15) is 9.59 Å². The molecule has 0 aliphatic heterocycles. The first-order valence-electron chi connectivity index (χ1n) is 3.47. The Labute approximate surface area is 70.4 Å². The monoisotopic (exact) mass is 175 g/mol. The van der Waals surface area contributed by atoms with Gasteiger partial charge in [-0.15, -0.1) is 0 Å². The summed E-state index contributed by atoms with van der Waals surface area (Å²) in [5.41, 5.74) is -0.621. The lowest BCUT2D eigenvalue weighted by Crippen LogP contribution is -2.48. The Balaban J connectivity index is 4.46. The molecule has 5 nitrogen and oxygen atoms in total. The molecule has 0 bridgehead atoms. The summed E-state index contributed by atoms with van der Waals surface area (Å²) in [6.45, 7) is 4.96. The second-order valence-corrected chi connectivity index (χ2v) is 3.59. The van der Waals surface area contributed by atoms with E-state index in [2.05, 4.69) is 0 Å². The molecule has 0 radical (unpaired) electrons. The molecule has 0 unspecified atom stereocenters. The molecule has 0 heterocycles. The Kier molecular flexibility index (Phi) is 3.06. The lowest BCUT2D eigenvalue weighted by molar-refractivity contribution is -0.142. The van der Waals surface area contributed by atoms with Crippen molar-refractivity contribution < 1.29 is 19.8 Å². The highest BCUT2D eigenvalue weighted by molar-refractivity contribution is 5.79. The molecule has 5 heteroatoms. The fraction of sp³-hybridized carbons (Fsp3) is 0.714. The van der Waals surface area contributed by atoms with Crippen LogP contribution in [-0.4, -0.2) is 28.3 Å². The van der Waals surface area contributed by atoms with E-state index in [0.29, 0.717) is 0 Å². The first kappa shape index (κ1) is 10.7. The fourth-order valence-electron chi connectivity index (χ4n) is 0.772. The number of nitrogens with one attached hydrogen (secondary N) is 1. The Morgan fingerprint density at radius 2 is 1.67 bits per heavy atom. The minimum Gasteiger partial charge on any atom is -0.480 e. The highest BCUT2D eigenvalue weighted by Crippen LogP contribution is 2.19. The molecule has 0 spiro atoms. The number of amides is 1. The van der Waals surface area contributed by atoms with Crippen LogP contribution in [-0.2, 0) is 4.79 Å². The molecule has 0 aromatic heterocycles. The van der Waals surface area contributed by atoms with Gasteiger partial charge < -0.3 is 15.5 Å². The molecule has 0 aromatic rings. The van der Waals surface area contributed by atoms with E-state index < -0.39 is 23.5 Å². The zero-order valence-corrected chi connectivity index (χ0v) is 7.29. The fourth-order valence-corrected chi connectivity index (χ4v) is 0.772. The number of aliphatic carboxylic acids is 1. The minimum absolute atomic E-state index is 0.621. The molecule has 12 heavy (non-hydrogen) atoms. The van der Waals surface area contributed by atoms with Gasteiger partial charge in [-0.05, 0) is 5.41 Å². The van der Waals surface area contributed by atoms with Crippen LogP contribution in [0.25, 0.3) is 0 Å². The second-order valence-electron chi connectivity index (χ2n) is 3.59. The van der Waals surface area contributed by atoms with Crippen molar-refractivity contribution in [2.45, 2.75) is 26.8 Å². The maximum Gasteiger partial charge on any atom is 0.405 e. The number of carbonyl (C=O) groups is 2. The highest BCUT2D eigenvalue weighted by Gasteiger charge is 2.32. The third kappa shape index (κ3) is 3.23. The van der Waals surface area contributed by atoms with Crippen molar-refractivity contribution in [3.8, 4) is 0 Å². The van der Waals surface area contributed by atoms with Crippen LogP contribution < -0.4 is 5.32 Å². The number of carboxylic acid groups (broad SMARTS) is 2. The van der Waals surface area contributed by atoms with Crippen molar-refractivity contribution >= 4 is 12.1 Å². The van der Waals surface area contributed by atoms with Gasteiger partial charge in [-0.2, -0.15) is 0 Å². The van der Waals surface area contributed by atoms with Gasteiger partial charge >= 0.3 is 12.1 Å². The van der Waals surface area contributed by atoms with Crippen molar-refractivity contribution in [1.29, 1.82) is 0 Å². The molecule has 0 aliphatic rings. The SMILES string of the molecule is CC(C)(C)[C@H](NC(=O)O)C(=O)O. The topological polar surface area (TPSA) is 86.6 Å². The maximum absolute atomic E-state index is 10.6. The Morgan fingerprint density at radius 3 is 1.75 bits per heavy atom. The molecule has 3 N–H and O–H groups in total. The van der Waals surface area contributed by atoms with Gasteiger partial charge in [0.1, 0.15) is 6.04 Å². The minimum atomic E-state index is -1.32. The number of carboxylic acids is 1. The van der Waals surface area contributed by atoms with Gasteiger partial charge in [0.05, 0.1) is 0 Å². The van der Waals surface area contributed by atoms with Crippen molar-refractivity contribution in [2.75, 3.05) is 0 Å². The first-order chi connectivity index (χ1) is 5.25. The van der Waals surface area contributed by atoms with Gasteiger partial charge in [-0.25, -0.2) is 9.59 Å². The van der Waals surface area contributed by atoms with Crippen LogP contribution in [0.1, 0.15) is 20.8 Å². The van der Waals surface area contributed by atoms with E-state index in [1.807, 2.05) is 5.32 Å². The summed E-state index contributed by atoms with van der Waals surface area (Å²) in [7, 11) is 0. The van der Waals surface area contributed by atoms with Crippen molar-refractivity contribution in [1.82, 2.24) is 5.32 Å². The summed E-state index contributed by atoms with van der Waals surface area (Å²) < 4.78 is 0. The van der Waals surface area contributed by atoms with Crippen LogP contribution in [0.5, 0.6) is 0 Å². The van der Waals surface area contributed by atoms with E-state index in [-0.39, 0.29) is 0 Å². The lowest BCUT2D eigenvalue weighted by Gasteiger charge is -2.26. The average molecular weight is 175 g/mol. The van der Waals surface area contributed by atoms with Gasteiger partial charge in [-0.1, -0.05) is 20.8 Å². The van der Waals surface area contributed by atoms with Crippen LogP contribution in [0.2, 0.25) is 0 Å². The van der Waals surface area contributed by atoms with Crippen LogP contribution in [0.3, 0.4) is 0 Å². The lowest BCUT2D eigenvalue weighted by atomic mass is 9.87. The van der Waals surface area contributed by atoms with Gasteiger partial charge in [-0.3, -0.25) is 0 Å². The summed E-state index contributed by atoms with van der Waals surface area (Å²) in [5, 5.41) is 18.9. The van der Waals surface area contributed by atoms with Crippen LogP contribution in [0.15, 0.2) is 0 Å². The summed E-state index contributed by atoms with van der Waals surface area (Å²) in [4.78, 5) is 20.7. The zero-order chi connectivity index (χ0) is 9.94. The molecular formula is C7H13NO4. The highest BCUT2D eigenvalue weighted by atomic mass is 16.4. The summed E-state index contributed by atoms with van der Waals surface area (Å²) in [6.07, 6.45) is -1.32. The van der Waals surface area contributed by atoms with Gasteiger partial charge in [0.25, 0.3) is 0 Å². The van der Waals surface area contributed by atoms with E-state index in [1.54, 1.807) is 20.8 Å². The molecule has 0 saturated heterocycles. The quantitative estimate of drug-likeness (QED) is 0.578. The molecule has 0 rings (SSSR count). The molecule has 0 saturated carbocycles. The summed E-state index contributed by atoms with van der Waals surface area (Å²) >= 11 is 0. The molecular weight excluding hydrogens is 162 g/mol. The molecule has 1 atom stereocenters. The largest absolute Gasteiger partial charge is 0.480 e. The molecule has 70 valence electrons. The van der Waals surface area contributed by atoms with E-state index in [1.165, 1.54) is 0 Å². The van der Waals surface area contributed by atoms with Crippen molar-refractivity contribution in [3.05, 3.63) is 0 Å². The molecule has 0 aromatic carbocycles.